The summed E-state index contributed by atoms with van der Waals surface area (Å²) in [6.45, 7) is 4.15. The van der Waals surface area contributed by atoms with E-state index < -0.39 is 5.60 Å². The fourth-order valence-electron chi connectivity index (χ4n) is 3.09. The van der Waals surface area contributed by atoms with E-state index in [0.29, 0.717) is 0 Å². The summed E-state index contributed by atoms with van der Waals surface area (Å²) in [7, 11) is 4.04. The first-order valence-electron chi connectivity index (χ1n) is 7.47. The highest BCUT2D eigenvalue weighted by atomic mass is 16.3. The molecule has 0 aliphatic rings. The molecule has 1 N–H and O–H groups in total. The van der Waals surface area contributed by atoms with Crippen LogP contribution in [0.5, 0.6) is 0 Å². The van der Waals surface area contributed by atoms with E-state index in [4.69, 9.17) is 0 Å². The predicted molar refractivity (Wildman–Crippen MR) is 88.0 cm³/mol. The minimum Gasteiger partial charge on any atom is -0.383 e. The molecule has 21 heavy (non-hydrogen) atoms. The number of hydrogen-bond acceptors (Lipinski definition) is 2. The van der Waals surface area contributed by atoms with E-state index in [2.05, 4.69) is 30.9 Å². The van der Waals surface area contributed by atoms with Crippen LogP contribution in [0, 0.1) is 5.92 Å². The molecular weight excluding hydrogens is 258 g/mol. The summed E-state index contributed by atoms with van der Waals surface area (Å²) in [5.74, 6) is 0.0903. The molecule has 0 amide bonds. The monoisotopic (exact) mass is 283 g/mol. The predicted octanol–water partition coefficient (Wildman–Crippen LogP) is 3.83. The van der Waals surface area contributed by atoms with Gasteiger partial charge in [-0.25, -0.2) is 0 Å². The van der Waals surface area contributed by atoms with Crippen molar-refractivity contribution in [3.05, 3.63) is 71.8 Å². The Kier molecular flexibility index (Phi) is 4.81. The van der Waals surface area contributed by atoms with Crippen LogP contribution in [-0.2, 0) is 5.60 Å². The maximum absolute atomic E-state index is 11.6. The Balaban J connectivity index is 2.58. The van der Waals surface area contributed by atoms with E-state index in [1.165, 1.54) is 0 Å². The third kappa shape index (κ3) is 3.02. The maximum atomic E-state index is 11.6. The van der Waals surface area contributed by atoms with Crippen LogP contribution in [0.25, 0.3) is 0 Å². The van der Waals surface area contributed by atoms with Crippen molar-refractivity contribution < 1.29 is 5.11 Å². The summed E-state index contributed by atoms with van der Waals surface area (Å²) in [6, 6.07) is 20.1. The lowest BCUT2D eigenvalue weighted by Crippen LogP contribution is -2.45. The van der Waals surface area contributed by atoms with Crippen LogP contribution in [0.15, 0.2) is 60.7 Å². The average molecular weight is 283 g/mol. The quantitative estimate of drug-likeness (QED) is 0.901. The summed E-state index contributed by atoms with van der Waals surface area (Å²) < 4.78 is 0. The van der Waals surface area contributed by atoms with E-state index >= 15 is 0 Å². The van der Waals surface area contributed by atoms with Crippen molar-refractivity contribution >= 4 is 0 Å². The van der Waals surface area contributed by atoms with Crippen molar-refractivity contribution in [1.82, 2.24) is 4.90 Å². The molecule has 0 aliphatic heterocycles. The zero-order chi connectivity index (χ0) is 15.5. The van der Waals surface area contributed by atoms with Gasteiger partial charge in [-0.05, 0) is 31.1 Å². The second-order valence-electron chi connectivity index (χ2n) is 6.12. The van der Waals surface area contributed by atoms with Gasteiger partial charge in [0.05, 0.1) is 6.04 Å². The molecule has 2 atom stereocenters. The Morgan fingerprint density at radius 2 is 1.33 bits per heavy atom. The van der Waals surface area contributed by atoms with Crippen LogP contribution in [0.3, 0.4) is 0 Å². The summed E-state index contributed by atoms with van der Waals surface area (Å²) >= 11 is 0. The lowest BCUT2D eigenvalue weighted by Gasteiger charge is -2.43. The molecule has 2 nitrogen and oxygen atoms in total. The van der Waals surface area contributed by atoms with Gasteiger partial charge in [0.25, 0.3) is 0 Å². The van der Waals surface area contributed by atoms with Gasteiger partial charge in [0.15, 0.2) is 0 Å². The Morgan fingerprint density at radius 3 is 1.76 bits per heavy atom. The van der Waals surface area contributed by atoms with E-state index in [-0.39, 0.29) is 12.0 Å². The van der Waals surface area contributed by atoms with Gasteiger partial charge in [0, 0.05) is 0 Å². The summed E-state index contributed by atoms with van der Waals surface area (Å²) in [6.07, 6.45) is 0. The minimum absolute atomic E-state index is 0.0903. The van der Waals surface area contributed by atoms with Crippen LogP contribution in [0.1, 0.15) is 31.0 Å². The normalized spacial score (nSPS) is 16.0. The third-order valence-corrected chi connectivity index (χ3v) is 4.17. The smallest absolute Gasteiger partial charge is 0.111 e. The molecule has 0 bridgehead atoms. The molecule has 0 spiro atoms. The molecule has 2 aromatic carbocycles. The molecule has 0 aliphatic carbocycles. The molecule has 0 saturated heterocycles. The van der Waals surface area contributed by atoms with Crippen molar-refractivity contribution in [1.29, 1.82) is 0 Å². The Morgan fingerprint density at radius 1 is 0.857 bits per heavy atom. The fraction of sp³-hybridized carbons (Fsp3) is 0.368. The molecular formula is C19H25NO. The third-order valence-electron chi connectivity index (χ3n) is 4.17. The maximum Gasteiger partial charge on any atom is 0.111 e. The van der Waals surface area contributed by atoms with E-state index in [1.54, 1.807) is 0 Å². The van der Waals surface area contributed by atoms with Gasteiger partial charge in [-0.2, -0.15) is 0 Å². The second kappa shape index (κ2) is 6.42. The lowest BCUT2D eigenvalue weighted by atomic mass is 9.74. The number of rotatable bonds is 5. The molecule has 2 aromatic rings. The molecule has 2 rings (SSSR count). The summed E-state index contributed by atoms with van der Waals surface area (Å²) in [5, 5.41) is 11.6. The second-order valence-corrected chi connectivity index (χ2v) is 6.12. The minimum atomic E-state index is -0.938. The first-order chi connectivity index (χ1) is 9.98. The van der Waals surface area contributed by atoms with Gasteiger partial charge in [0.1, 0.15) is 5.60 Å². The van der Waals surface area contributed by atoms with E-state index in [1.807, 2.05) is 62.6 Å². The Bertz CT molecular complexity index is 550. The molecule has 112 valence electrons. The largest absolute Gasteiger partial charge is 0.383 e. The van der Waals surface area contributed by atoms with Gasteiger partial charge in [-0.1, -0.05) is 74.5 Å². The van der Waals surface area contributed by atoms with Crippen LogP contribution in [0.4, 0.5) is 0 Å². The van der Waals surface area contributed by atoms with Crippen molar-refractivity contribution in [2.24, 2.45) is 5.92 Å². The molecule has 0 aromatic heterocycles. The topological polar surface area (TPSA) is 23.5 Å². The molecule has 0 saturated carbocycles. The van der Waals surface area contributed by atoms with Crippen LogP contribution in [0.2, 0.25) is 0 Å². The highest BCUT2D eigenvalue weighted by Gasteiger charge is 2.43. The van der Waals surface area contributed by atoms with Gasteiger partial charge in [-0.15, -0.1) is 0 Å². The average Bonchev–Trinajstić information content (AvgIpc) is 2.48. The molecule has 0 fully saturated rings. The SMILES string of the molecule is CC(C)C(O)(c1ccccc1)C(c1ccccc1)N(C)C. The number of hydrogen-bond donors (Lipinski definition) is 1. The van der Waals surface area contributed by atoms with Gasteiger partial charge in [-0.3, -0.25) is 4.90 Å². The number of nitrogens with zero attached hydrogens (tertiary/aromatic N) is 1. The van der Waals surface area contributed by atoms with Gasteiger partial charge < -0.3 is 5.11 Å². The standard InChI is InChI=1S/C19H25NO/c1-15(2)19(21,17-13-9-6-10-14-17)18(20(3)4)16-11-7-5-8-12-16/h5-15,18,21H,1-4H3. The van der Waals surface area contributed by atoms with Crippen molar-refractivity contribution in [2.75, 3.05) is 14.1 Å². The number of benzene rings is 2. The van der Waals surface area contributed by atoms with Crippen LogP contribution in [-0.4, -0.2) is 24.1 Å². The molecule has 0 heterocycles. The number of likely N-dealkylation sites (N-methyl/N-ethyl adjacent to an activating group) is 1. The van der Waals surface area contributed by atoms with Crippen LogP contribution >= 0.6 is 0 Å². The Hall–Kier alpha value is -1.64. The molecule has 2 heteroatoms. The molecule has 2 unspecified atom stereocenters. The summed E-state index contributed by atoms with van der Waals surface area (Å²) in [4.78, 5) is 2.10. The van der Waals surface area contributed by atoms with E-state index in [9.17, 15) is 5.11 Å². The van der Waals surface area contributed by atoms with Gasteiger partial charge in [0.2, 0.25) is 0 Å². The molecule has 0 radical (unpaired) electrons. The van der Waals surface area contributed by atoms with E-state index in [0.717, 1.165) is 11.1 Å². The highest BCUT2D eigenvalue weighted by Crippen LogP contribution is 2.43. The fourth-order valence-corrected chi connectivity index (χ4v) is 3.09. The van der Waals surface area contributed by atoms with Gasteiger partial charge >= 0.3 is 0 Å². The van der Waals surface area contributed by atoms with Crippen molar-refractivity contribution in [3.63, 3.8) is 0 Å². The zero-order valence-corrected chi connectivity index (χ0v) is 13.3. The Labute approximate surface area is 128 Å². The van der Waals surface area contributed by atoms with Crippen LogP contribution < -0.4 is 0 Å². The highest BCUT2D eigenvalue weighted by molar-refractivity contribution is 5.31. The van der Waals surface area contributed by atoms with Crippen molar-refractivity contribution in [3.8, 4) is 0 Å². The number of aliphatic hydroxyl groups is 1. The first-order valence-corrected chi connectivity index (χ1v) is 7.47. The zero-order valence-electron chi connectivity index (χ0n) is 13.3. The summed E-state index contributed by atoms with van der Waals surface area (Å²) in [5.41, 5.74) is 1.15. The first kappa shape index (κ1) is 15.7. The lowest BCUT2D eigenvalue weighted by molar-refractivity contribution is -0.0781. The van der Waals surface area contributed by atoms with Crippen molar-refractivity contribution in [2.45, 2.75) is 25.5 Å².